The molecule has 0 spiro atoms. The van der Waals surface area contributed by atoms with Crippen molar-refractivity contribution in [3.8, 4) is 11.1 Å². The molecule has 0 unspecified atom stereocenters. The summed E-state index contributed by atoms with van der Waals surface area (Å²) < 4.78 is 0. The first-order chi connectivity index (χ1) is 10.9. The zero-order chi connectivity index (χ0) is 16.4. The number of nitrogens with zero attached hydrogens (tertiary/aromatic N) is 3. The topological polar surface area (TPSA) is 39.6 Å². The Morgan fingerprint density at radius 2 is 1.61 bits per heavy atom. The van der Waals surface area contributed by atoms with Crippen LogP contribution in [-0.2, 0) is 5.60 Å². The van der Waals surface area contributed by atoms with E-state index >= 15 is 0 Å². The number of aromatic nitrogens is 1. The van der Waals surface area contributed by atoms with Crippen molar-refractivity contribution in [1.29, 1.82) is 0 Å². The Morgan fingerprint density at radius 1 is 0.957 bits per heavy atom. The van der Waals surface area contributed by atoms with Gasteiger partial charge in [-0.2, -0.15) is 0 Å². The molecular formula is C19H25N3O. The maximum atomic E-state index is 10.1. The molecule has 3 rings (SSSR count). The summed E-state index contributed by atoms with van der Waals surface area (Å²) in [5.74, 6) is 1.04. The van der Waals surface area contributed by atoms with Crippen LogP contribution in [-0.4, -0.2) is 48.2 Å². The molecule has 1 saturated heterocycles. The first kappa shape index (κ1) is 16.0. The summed E-state index contributed by atoms with van der Waals surface area (Å²) in [5.41, 5.74) is 2.43. The SMILES string of the molecule is CN1CCN(c2cc(-c3ccc(C(C)(C)O)cc3)ccn2)CC1. The quantitative estimate of drug-likeness (QED) is 0.946. The van der Waals surface area contributed by atoms with E-state index in [9.17, 15) is 5.11 Å². The van der Waals surface area contributed by atoms with Gasteiger partial charge in [0.15, 0.2) is 0 Å². The lowest BCUT2D eigenvalue weighted by atomic mass is 9.96. The Bertz CT molecular complexity index is 653. The van der Waals surface area contributed by atoms with Gasteiger partial charge in [-0.1, -0.05) is 24.3 Å². The number of hydrogen-bond acceptors (Lipinski definition) is 4. The van der Waals surface area contributed by atoms with Crippen LogP contribution in [0.25, 0.3) is 11.1 Å². The predicted molar refractivity (Wildman–Crippen MR) is 94.6 cm³/mol. The van der Waals surface area contributed by atoms with Gasteiger partial charge in [-0.25, -0.2) is 4.98 Å². The van der Waals surface area contributed by atoms with Crippen molar-refractivity contribution in [1.82, 2.24) is 9.88 Å². The lowest BCUT2D eigenvalue weighted by Gasteiger charge is -2.33. The number of aliphatic hydroxyl groups is 1. The van der Waals surface area contributed by atoms with Crippen LogP contribution in [0, 0.1) is 0 Å². The molecule has 0 radical (unpaired) electrons. The molecule has 0 aliphatic carbocycles. The largest absolute Gasteiger partial charge is 0.386 e. The molecule has 0 amide bonds. The number of pyridine rings is 1. The fraction of sp³-hybridized carbons (Fsp3) is 0.421. The van der Waals surface area contributed by atoms with Gasteiger partial charge in [0.2, 0.25) is 0 Å². The van der Waals surface area contributed by atoms with Crippen LogP contribution in [0.5, 0.6) is 0 Å². The lowest BCUT2D eigenvalue weighted by molar-refractivity contribution is 0.0786. The van der Waals surface area contributed by atoms with Crippen LogP contribution in [0.3, 0.4) is 0 Å². The summed E-state index contributed by atoms with van der Waals surface area (Å²) in [6.07, 6.45) is 1.88. The van der Waals surface area contributed by atoms with E-state index < -0.39 is 5.60 Å². The molecular weight excluding hydrogens is 286 g/mol. The zero-order valence-electron chi connectivity index (χ0n) is 14.2. The van der Waals surface area contributed by atoms with E-state index in [1.807, 2.05) is 24.4 Å². The number of likely N-dealkylation sites (N-methyl/N-ethyl adjacent to an activating group) is 1. The second-order valence-electron chi connectivity index (χ2n) is 6.83. The monoisotopic (exact) mass is 311 g/mol. The van der Waals surface area contributed by atoms with Crippen LogP contribution < -0.4 is 4.90 Å². The smallest absolute Gasteiger partial charge is 0.129 e. The van der Waals surface area contributed by atoms with Crippen molar-refractivity contribution in [3.05, 3.63) is 48.2 Å². The van der Waals surface area contributed by atoms with E-state index in [-0.39, 0.29) is 0 Å². The summed E-state index contributed by atoms with van der Waals surface area (Å²) in [5, 5.41) is 10.1. The third kappa shape index (κ3) is 3.71. The molecule has 1 fully saturated rings. The fourth-order valence-corrected chi connectivity index (χ4v) is 2.88. The van der Waals surface area contributed by atoms with Gasteiger partial charge in [-0.15, -0.1) is 0 Å². The van der Waals surface area contributed by atoms with Gasteiger partial charge in [-0.05, 0) is 49.7 Å². The van der Waals surface area contributed by atoms with Gasteiger partial charge in [0.1, 0.15) is 5.82 Å². The molecule has 1 N–H and O–H groups in total. The highest BCUT2D eigenvalue weighted by Crippen LogP contribution is 2.26. The van der Waals surface area contributed by atoms with Crippen LogP contribution in [0.4, 0.5) is 5.82 Å². The average molecular weight is 311 g/mol. The van der Waals surface area contributed by atoms with Gasteiger partial charge < -0.3 is 14.9 Å². The molecule has 0 saturated carbocycles. The highest BCUT2D eigenvalue weighted by Gasteiger charge is 2.17. The van der Waals surface area contributed by atoms with Crippen molar-refractivity contribution in [2.45, 2.75) is 19.4 Å². The van der Waals surface area contributed by atoms with Crippen LogP contribution in [0.15, 0.2) is 42.6 Å². The number of benzene rings is 1. The van der Waals surface area contributed by atoms with Gasteiger partial charge in [0.05, 0.1) is 5.60 Å². The zero-order valence-corrected chi connectivity index (χ0v) is 14.2. The van der Waals surface area contributed by atoms with E-state index in [2.05, 4.69) is 40.0 Å². The minimum absolute atomic E-state index is 0.804. The molecule has 2 aromatic rings. The number of hydrogen-bond donors (Lipinski definition) is 1. The Balaban J connectivity index is 1.82. The Kier molecular flexibility index (Phi) is 4.37. The maximum absolute atomic E-state index is 10.1. The summed E-state index contributed by atoms with van der Waals surface area (Å²) in [4.78, 5) is 9.22. The van der Waals surface area contributed by atoms with E-state index in [0.717, 1.165) is 48.7 Å². The molecule has 1 aliphatic heterocycles. The summed E-state index contributed by atoms with van der Waals surface area (Å²) in [6.45, 7) is 7.80. The summed E-state index contributed by atoms with van der Waals surface area (Å²) in [6, 6.07) is 12.3. The molecule has 0 bridgehead atoms. The first-order valence-corrected chi connectivity index (χ1v) is 8.16. The Hall–Kier alpha value is -1.91. The molecule has 4 heteroatoms. The Morgan fingerprint density at radius 3 is 2.22 bits per heavy atom. The minimum Gasteiger partial charge on any atom is -0.386 e. The maximum Gasteiger partial charge on any atom is 0.129 e. The summed E-state index contributed by atoms with van der Waals surface area (Å²) in [7, 11) is 2.16. The fourth-order valence-electron chi connectivity index (χ4n) is 2.88. The molecule has 2 heterocycles. The first-order valence-electron chi connectivity index (χ1n) is 8.16. The second kappa shape index (κ2) is 6.30. The van der Waals surface area contributed by atoms with E-state index in [0.29, 0.717) is 0 Å². The third-order valence-electron chi connectivity index (χ3n) is 4.50. The van der Waals surface area contributed by atoms with Gasteiger partial charge in [-0.3, -0.25) is 0 Å². The number of rotatable bonds is 3. The van der Waals surface area contributed by atoms with Crippen molar-refractivity contribution >= 4 is 5.82 Å². The summed E-state index contributed by atoms with van der Waals surface area (Å²) >= 11 is 0. The highest BCUT2D eigenvalue weighted by atomic mass is 16.3. The van der Waals surface area contributed by atoms with E-state index in [1.54, 1.807) is 13.8 Å². The molecule has 1 aromatic heterocycles. The Labute approximate surface area is 138 Å². The van der Waals surface area contributed by atoms with Crippen LogP contribution in [0.2, 0.25) is 0 Å². The van der Waals surface area contributed by atoms with Gasteiger partial charge in [0, 0.05) is 32.4 Å². The van der Waals surface area contributed by atoms with Crippen molar-refractivity contribution in [3.63, 3.8) is 0 Å². The lowest BCUT2D eigenvalue weighted by Crippen LogP contribution is -2.44. The molecule has 122 valence electrons. The normalized spacial score (nSPS) is 16.6. The highest BCUT2D eigenvalue weighted by molar-refractivity contribution is 5.67. The third-order valence-corrected chi connectivity index (χ3v) is 4.50. The van der Waals surface area contributed by atoms with Crippen molar-refractivity contribution in [2.75, 3.05) is 38.1 Å². The van der Waals surface area contributed by atoms with E-state index in [1.165, 1.54) is 0 Å². The predicted octanol–water partition coefficient (Wildman–Crippen LogP) is 2.73. The number of anilines is 1. The van der Waals surface area contributed by atoms with E-state index in [4.69, 9.17) is 0 Å². The minimum atomic E-state index is -0.804. The number of piperazine rings is 1. The molecule has 1 aromatic carbocycles. The van der Waals surface area contributed by atoms with Gasteiger partial charge >= 0.3 is 0 Å². The standard InChI is InChI=1S/C19H25N3O/c1-19(2,23)17-6-4-15(5-7-17)16-8-9-20-18(14-16)22-12-10-21(3)11-13-22/h4-9,14,23H,10-13H2,1-3H3. The van der Waals surface area contributed by atoms with Crippen LogP contribution >= 0.6 is 0 Å². The van der Waals surface area contributed by atoms with Crippen LogP contribution in [0.1, 0.15) is 19.4 Å². The molecule has 23 heavy (non-hydrogen) atoms. The average Bonchev–Trinajstić information content (AvgIpc) is 2.55. The molecule has 1 aliphatic rings. The van der Waals surface area contributed by atoms with Crippen molar-refractivity contribution in [2.24, 2.45) is 0 Å². The molecule has 4 nitrogen and oxygen atoms in total. The second-order valence-corrected chi connectivity index (χ2v) is 6.83. The van der Waals surface area contributed by atoms with Crippen molar-refractivity contribution < 1.29 is 5.11 Å². The van der Waals surface area contributed by atoms with Gasteiger partial charge in [0.25, 0.3) is 0 Å². The molecule has 0 atom stereocenters.